The number of esters is 2. The van der Waals surface area contributed by atoms with Gasteiger partial charge in [-0.25, -0.2) is 9.59 Å². The van der Waals surface area contributed by atoms with Crippen molar-refractivity contribution in [1.82, 2.24) is 0 Å². The van der Waals surface area contributed by atoms with Gasteiger partial charge in [-0.15, -0.1) is 0 Å². The lowest BCUT2D eigenvalue weighted by Crippen LogP contribution is -2.16. The Hall–Kier alpha value is -4.18. The first kappa shape index (κ1) is 45.0. The number of phenolic OH excluding ortho intramolecular Hbond substituents is 6. The number of benzene rings is 2. The number of ether oxygens (including phenoxy) is 11. The monoisotopic (exact) mass is 762 g/mol. The van der Waals surface area contributed by atoms with E-state index in [1.807, 2.05) is 0 Å². The van der Waals surface area contributed by atoms with Gasteiger partial charge in [0.25, 0.3) is 0 Å². The third-order valence-electron chi connectivity index (χ3n) is 6.51. The quantitative estimate of drug-likeness (QED) is 0.0346. The fraction of sp³-hybridized carbons (Fsp3) is 0.588. The molecule has 0 unspecified atom stereocenters. The molecule has 2 rings (SSSR count). The summed E-state index contributed by atoms with van der Waals surface area (Å²) < 4.78 is 58.5. The zero-order valence-corrected chi connectivity index (χ0v) is 29.4. The summed E-state index contributed by atoms with van der Waals surface area (Å²) in [5.74, 6) is -5.51. The van der Waals surface area contributed by atoms with Crippen molar-refractivity contribution in [2.45, 2.75) is 0 Å². The lowest BCUT2D eigenvalue weighted by molar-refractivity contribution is -0.0267. The van der Waals surface area contributed by atoms with Crippen LogP contribution in [0.4, 0.5) is 0 Å². The molecule has 0 aromatic heterocycles. The normalized spacial score (nSPS) is 11.2. The zero-order valence-electron chi connectivity index (χ0n) is 29.4. The molecule has 2 aromatic carbocycles. The minimum absolute atomic E-state index is 0.0416. The van der Waals surface area contributed by atoms with Crippen LogP contribution in [-0.2, 0) is 52.1 Å². The lowest BCUT2D eigenvalue weighted by Gasteiger charge is -2.09. The molecule has 0 heterocycles. The van der Waals surface area contributed by atoms with Crippen LogP contribution in [0, 0.1) is 0 Å². The first-order chi connectivity index (χ1) is 25.7. The number of carbonyl (C=O) groups is 2. The molecule has 0 saturated carbocycles. The van der Waals surface area contributed by atoms with E-state index in [0.29, 0.717) is 92.5 Å². The molecule has 19 nitrogen and oxygen atoms in total. The minimum atomic E-state index is -0.781. The van der Waals surface area contributed by atoms with Crippen LogP contribution in [0.1, 0.15) is 20.7 Å². The highest BCUT2D eigenvalue weighted by atomic mass is 16.6. The Morgan fingerprint density at radius 2 is 0.491 bits per heavy atom. The van der Waals surface area contributed by atoms with E-state index in [1.54, 1.807) is 0 Å². The predicted molar refractivity (Wildman–Crippen MR) is 181 cm³/mol. The second kappa shape index (κ2) is 28.3. The van der Waals surface area contributed by atoms with Crippen LogP contribution >= 0.6 is 0 Å². The van der Waals surface area contributed by atoms with E-state index in [0.717, 1.165) is 24.3 Å². The number of phenols is 6. The average Bonchev–Trinajstić information content (AvgIpc) is 3.14. The fourth-order valence-corrected chi connectivity index (χ4v) is 3.86. The van der Waals surface area contributed by atoms with E-state index in [1.165, 1.54) is 0 Å². The summed E-state index contributed by atoms with van der Waals surface area (Å²) in [6, 6.07) is 3.95. The highest BCUT2D eigenvalue weighted by Crippen LogP contribution is 2.36. The molecule has 0 spiro atoms. The summed E-state index contributed by atoms with van der Waals surface area (Å²) in [4.78, 5) is 23.8. The van der Waals surface area contributed by atoms with Crippen molar-refractivity contribution in [2.75, 3.05) is 132 Å². The molecular formula is C34H50O19. The number of hydrogen-bond acceptors (Lipinski definition) is 19. The van der Waals surface area contributed by atoms with Gasteiger partial charge in [-0.1, -0.05) is 0 Å². The van der Waals surface area contributed by atoms with E-state index >= 15 is 0 Å². The van der Waals surface area contributed by atoms with Crippen LogP contribution in [0.2, 0.25) is 0 Å². The number of aromatic hydroxyl groups is 6. The van der Waals surface area contributed by atoms with Gasteiger partial charge in [0.05, 0.1) is 130 Å². The van der Waals surface area contributed by atoms with Crippen LogP contribution in [0.15, 0.2) is 24.3 Å². The maximum Gasteiger partial charge on any atom is 0.338 e. The zero-order chi connectivity index (χ0) is 38.5. The Labute approximate surface area is 306 Å². The largest absolute Gasteiger partial charge is 0.504 e. The molecule has 2 aromatic rings. The molecule has 0 fully saturated rings. The molecule has 0 amide bonds. The molecule has 6 N–H and O–H groups in total. The van der Waals surface area contributed by atoms with Crippen molar-refractivity contribution in [1.29, 1.82) is 0 Å². The second-order valence-electron chi connectivity index (χ2n) is 10.5. The van der Waals surface area contributed by atoms with Gasteiger partial charge >= 0.3 is 11.9 Å². The van der Waals surface area contributed by atoms with Gasteiger partial charge in [0.1, 0.15) is 13.2 Å². The van der Waals surface area contributed by atoms with Crippen LogP contribution in [0.3, 0.4) is 0 Å². The maximum absolute atomic E-state index is 11.9. The van der Waals surface area contributed by atoms with Gasteiger partial charge in [0, 0.05) is 0 Å². The highest BCUT2D eigenvalue weighted by Gasteiger charge is 2.15. The summed E-state index contributed by atoms with van der Waals surface area (Å²) in [6.07, 6.45) is 0. The maximum atomic E-state index is 11.9. The summed E-state index contributed by atoms with van der Waals surface area (Å²) >= 11 is 0. The smallest absolute Gasteiger partial charge is 0.338 e. The molecule has 0 atom stereocenters. The van der Waals surface area contributed by atoms with Gasteiger partial charge in [0.2, 0.25) is 0 Å². The highest BCUT2D eigenvalue weighted by molar-refractivity contribution is 5.91. The topological polar surface area (TPSA) is 257 Å². The summed E-state index contributed by atoms with van der Waals surface area (Å²) in [6.45, 7) is 6.30. The van der Waals surface area contributed by atoms with E-state index in [4.69, 9.17) is 52.1 Å². The molecule has 0 aliphatic heterocycles. The van der Waals surface area contributed by atoms with Gasteiger partial charge in [-0.05, 0) is 24.3 Å². The molecule has 300 valence electrons. The molecular weight excluding hydrogens is 712 g/mol. The molecule has 0 aliphatic carbocycles. The van der Waals surface area contributed by atoms with E-state index < -0.39 is 46.4 Å². The second-order valence-corrected chi connectivity index (χ2v) is 10.5. The van der Waals surface area contributed by atoms with Gasteiger partial charge in [-0.2, -0.15) is 0 Å². The van der Waals surface area contributed by atoms with E-state index in [9.17, 15) is 40.2 Å². The minimum Gasteiger partial charge on any atom is -0.504 e. The predicted octanol–water partition coefficient (Wildman–Crippen LogP) is 1.08. The standard InChI is InChI=1S/C34H50O19/c35-27-21-25(22-28(36)31(27)39)33(41)52-19-17-50-15-13-48-11-9-46-7-5-44-3-1-43-2-4-45-6-8-47-10-12-49-14-16-51-18-20-53-34(42)26-23-29(37)32(40)30(38)24-26/h21-24,35-40H,1-20H2. The Kier molecular flexibility index (Phi) is 24.0. The molecule has 0 radical (unpaired) electrons. The molecule has 0 bridgehead atoms. The summed E-state index contributed by atoms with van der Waals surface area (Å²) in [5.41, 5.74) is -0.213. The Bertz CT molecular complexity index is 1160. The first-order valence-corrected chi connectivity index (χ1v) is 16.7. The third kappa shape index (κ3) is 20.6. The first-order valence-electron chi connectivity index (χ1n) is 16.7. The van der Waals surface area contributed by atoms with Crippen LogP contribution < -0.4 is 0 Å². The Morgan fingerprint density at radius 3 is 0.679 bits per heavy atom. The number of hydrogen-bond donors (Lipinski definition) is 6. The fourth-order valence-electron chi connectivity index (χ4n) is 3.86. The average molecular weight is 763 g/mol. The van der Waals surface area contributed by atoms with Crippen LogP contribution in [-0.4, -0.2) is 175 Å². The van der Waals surface area contributed by atoms with Gasteiger partial charge in [-0.3, -0.25) is 0 Å². The van der Waals surface area contributed by atoms with Crippen LogP contribution in [0.5, 0.6) is 34.5 Å². The van der Waals surface area contributed by atoms with E-state index in [-0.39, 0.29) is 50.8 Å². The Morgan fingerprint density at radius 1 is 0.321 bits per heavy atom. The number of rotatable bonds is 32. The van der Waals surface area contributed by atoms with Gasteiger partial charge < -0.3 is 82.7 Å². The third-order valence-corrected chi connectivity index (χ3v) is 6.51. The van der Waals surface area contributed by atoms with Crippen molar-refractivity contribution in [3.05, 3.63) is 35.4 Å². The van der Waals surface area contributed by atoms with Crippen LogP contribution in [0.25, 0.3) is 0 Å². The molecule has 0 aliphatic rings. The molecule has 53 heavy (non-hydrogen) atoms. The van der Waals surface area contributed by atoms with Crippen molar-refractivity contribution in [3.8, 4) is 34.5 Å². The molecule has 19 heteroatoms. The van der Waals surface area contributed by atoms with Crippen molar-refractivity contribution < 1.29 is 92.3 Å². The van der Waals surface area contributed by atoms with Crippen molar-refractivity contribution >= 4 is 11.9 Å². The van der Waals surface area contributed by atoms with Gasteiger partial charge in [0.15, 0.2) is 34.5 Å². The van der Waals surface area contributed by atoms with Crippen molar-refractivity contribution in [2.24, 2.45) is 0 Å². The lowest BCUT2D eigenvalue weighted by atomic mass is 10.2. The summed E-state index contributed by atoms with van der Waals surface area (Å²) in [5, 5.41) is 56.4. The molecule has 0 saturated heterocycles. The SMILES string of the molecule is O=C(OCCOCCOCCOCCOCCOCCOCCOCCOCCOCCOC(=O)c1cc(O)c(O)c(O)c1)c1cc(O)c(O)c(O)c1. The number of carbonyl (C=O) groups excluding carboxylic acids is 2. The summed E-state index contributed by atoms with van der Waals surface area (Å²) in [7, 11) is 0. The van der Waals surface area contributed by atoms with Crippen molar-refractivity contribution in [3.63, 3.8) is 0 Å². The Balaban J connectivity index is 1.21. The van der Waals surface area contributed by atoms with E-state index in [2.05, 4.69) is 0 Å².